The molecule has 0 aromatic carbocycles. The first kappa shape index (κ1) is 7.72. The van der Waals surface area contributed by atoms with Crippen molar-refractivity contribution in [1.29, 1.82) is 0 Å². The van der Waals surface area contributed by atoms with Crippen LogP contribution in [-0.4, -0.2) is 19.7 Å². The Morgan fingerprint density at radius 3 is 2.92 bits per heavy atom. The normalized spacial score (nSPS) is 10.2. The van der Waals surface area contributed by atoms with E-state index in [0.717, 1.165) is 11.4 Å². The molecule has 13 heavy (non-hydrogen) atoms. The van der Waals surface area contributed by atoms with Crippen molar-refractivity contribution in [2.45, 2.75) is 6.92 Å². The van der Waals surface area contributed by atoms with Crippen LogP contribution in [0.1, 0.15) is 5.69 Å². The minimum Gasteiger partial charge on any atom is -0.368 e. The van der Waals surface area contributed by atoms with Crippen LogP contribution in [-0.2, 0) is 0 Å². The van der Waals surface area contributed by atoms with Gasteiger partial charge in [0.1, 0.15) is 5.69 Å². The fourth-order valence-electron chi connectivity index (χ4n) is 1.11. The summed E-state index contributed by atoms with van der Waals surface area (Å²) in [4.78, 5) is 7.94. The molecule has 0 radical (unpaired) electrons. The first-order valence-electron chi connectivity index (χ1n) is 3.86. The summed E-state index contributed by atoms with van der Waals surface area (Å²) in [7, 11) is 0. The maximum absolute atomic E-state index is 5.43. The molecule has 0 saturated carbocycles. The Kier molecular flexibility index (Phi) is 1.70. The van der Waals surface area contributed by atoms with Crippen LogP contribution in [0.2, 0.25) is 0 Å². The van der Waals surface area contributed by atoms with Crippen molar-refractivity contribution in [3.05, 3.63) is 30.4 Å². The predicted octanol–water partition coefficient (Wildman–Crippen LogP) is 0.553. The molecular weight excluding hydrogens is 166 g/mol. The molecule has 2 N–H and O–H groups in total. The molecule has 2 aromatic rings. The van der Waals surface area contributed by atoms with Crippen LogP contribution in [0.15, 0.2) is 24.7 Å². The summed E-state index contributed by atoms with van der Waals surface area (Å²) in [5.74, 6) is 0.286. The molecule has 0 saturated heterocycles. The predicted molar refractivity (Wildman–Crippen MR) is 48.3 cm³/mol. The van der Waals surface area contributed by atoms with E-state index in [1.54, 1.807) is 17.1 Å². The lowest BCUT2D eigenvalue weighted by Crippen LogP contribution is -2.03. The van der Waals surface area contributed by atoms with Gasteiger partial charge in [0, 0.05) is 12.4 Å². The summed E-state index contributed by atoms with van der Waals surface area (Å²) < 4.78 is 1.70. The highest BCUT2D eigenvalue weighted by atomic mass is 15.3. The summed E-state index contributed by atoms with van der Waals surface area (Å²) in [5, 5.41) is 4.07. The number of aryl methyl sites for hydroxylation is 1. The Labute approximate surface area is 75.2 Å². The van der Waals surface area contributed by atoms with E-state index in [0.29, 0.717) is 0 Å². The summed E-state index contributed by atoms with van der Waals surface area (Å²) in [5.41, 5.74) is 7.09. The van der Waals surface area contributed by atoms with Gasteiger partial charge in [-0.3, -0.25) is 0 Å². The molecule has 0 aliphatic carbocycles. The van der Waals surface area contributed by atoms with Crippen LogP contribution in [0.4, 0.5) is 5.95 Å². The van der Waals surface area contributed by atoms with Gasteiger partial charge in [-0.25, -0.2) is 14.6 Å². The second-order valence-corrected chi connectivity index (χ2v) is 2.65. The zero-order valence-corrected chi connectivity index (χ0v) is 7.18. The van der Waals surface area contributed by atoms with E-state index in [9.17, 15) is 0 Å². The van der Waals surface area contributed by atoms with Crippen LogP contribution >= 0.6 is 0 Å². The molecule has 5 heteroatoms. The lowest BCUT2D eigenvalue weighted by atomic mass is 10.4. The largest absolute Gasteiger partial charge is 0.368 e. The van der Waals surface area contributed by atoms with Crippen LogP contribution in [0.25, 0.3) is 5.69 Å². The molecule has 0 atom stereocenters. The van der Waals surface area contributed by atoms with Crippen molar-refractivity contribution in [3.8, 4) is 5.69 Å². The highest BCUT2D eigenvalue weighted by Crippen LogP contribution is 2.09. The molecule has 66 valence electrons. The first-order chi connectivity index (χ1) is 6.27. The Balaban J connectivity index is 2.53. The highest BCUT2D eigenvalue weighted by Gasteiger charge is 2.02. The highest BCUT2D eigenvalue weighted by molar-refractivity contribution is 5.35. The van der Waals surface area contributed by atoms with Gasteiger partial charge in [-0.1, -0.05) is 0 Å². The fraction of sp³-hybridized carbons (Fsp3) is 0.125. The lowest BCUT2D eigenvalue weighted by molar-refractivity contribution is 0.852. The summed E-state index contributed by atoms with van der Waals surface area (Å²) in [6, 6.07) is 1.84. The number of hydrogen-bond acceptors (Lipinski definition) is 4. The van der Waals surface area contributed by atoms with Gasteiger partial charge in [-0.05, 0) is 13.0 Å². The molecular formula is C8H9N5. The molecule has 2 rings (SSSR count). The van der Waals surface area contributed by atoms with E-state index < -0.39 is 0 Å². The summed E-state index contributed by atoms with van der Waals surface area (Å²) >= 11 is 0. The minimum absolute atomic E-state index is 0.286. The third kappa shape index (κ3) is 1.35. The van der Waals surface area contributed by atoms with Crippen molar-refractivity contribution in [3.63, 3.8) is 0 Å². The first-order valence-corrected chi connectivity index (χ1v) is 3.86. The molecule has 2 aromatic heterocycles. The van der Waals surface area contributed by atoms with E-state index in [1.165, 1.54) is 0 Å². The smallest absolute Gasteiger partial charge is 0.220 e. The monoisotopic (exact) mass is 175 g/mol. The SMILES string of the molecule is Cc1nc(N)ncc1-n1cccn1. The second kappa shape index (κ2) is 2.85. The average molecular weight is 175 g/mol. The molecule has 2 heterocycles. The summed E-state index contributed by atoms with van der Waals surface area (Å²) in [6.07, 6.45) is 5.20. The quantitative estimate of drug-likeness (QED) is 0.687. The molecule has 0 amide bonds. The molecule has 0 spiro atoms. The Morgan fingerprint density at radius 1 is 1.46 bits per heavy atom. The van der Waals surface area contributed by atoms with Gasteiger partial charge < -0.3 is 5.73 Å². The van der Waals surface area contributed by atoms with Gasteiger partial charge in [0.25, 0.3) is 0 Å². The third-order valence-corrected chi connectivity index (χ3v) is 1.72. The van der Waals surface area contributed by atoms with Crippen LogP contribution in [0.5, 0.6) is 0 Å². The maximum Gasteiger partial charge on any atom is 0.220 e. The van der Waals surface area contributed by atoms with E-state index in [2.05, 4.69) is 15.1 Å². The number of rotatable bonds is 1. The Morgan fingerprint density at radius 2 is 2.31 bits per heavy atom. The van der Waals surface area contributed by atoms with Gasteiger partial charge in [-0.15, -0.1) is 0 Å². The van der Waals surface area contributed by atoms with Crippen LogP contribution < -0.4 is 5.73 Å². The van der Waals surface area contributed by atoms with Crippen molar-refractivity contribution in [1.82, 2.24) is 19.7 Å². The molecule has 0 bridgehead atoms. The van der Waals surface area contributed by atoms with Gasteiger partial charge in [-0.2, -0.15) is 5.10 Å². The van der Waals surface area contributed by atoms with Crippen molar-refractivity contribution in [2.75, 3.05) is 5.73 Å². The number of nitrogens with two attached hydrogens (primary N) is 1. The molecule has 0 fully saturated rings. The average Bonchev–Trinajstić information content (AvgIpc) is 2.56. The number of nitrogens with zero attached hydrogens (tertiary/aromatic N) is 4. The number of aromatic nitrogens is 4. The van der Waals surface area contributed by atoms with Gasteiger partial charge in [0.15, 0.2) is 0 Å². The zero-order valence-electron chi connectivity index (χ0n) is 7.18. The third-order valence-electron chi connectivity index (χ3n) is 1.72. The minimum atomic E-state index is 0.286. The van der Waals surface area contributed by atoms with Crippen LogP contribution in [0.3, 0.4) is 0 Å². The maximum atomic E-state index is 5.43. The standard InChI is InChI=1S/C8H9N5/c1-6-7(5-10-8(9)12-6)13-4-2-3-11-13/h2-5H,1H3,(H2,9,10,12). The molecule has 0 aliphatic rings. The number of hydrogen-bond donors (Lipinski definition) is 1. The van der Waals surface area contributed by atoms with Gasteiger partial charge in [0.2, 0.25) is 5.95 Å². The lowest BCUT2D eigenvalue weighted by Gasteiger charge is -2.03. The van der Waals surface area contributed by atoms with E-state index in [-0.39, 0.29) is 5.95 Å². The fourth-order valence-corrected chi connectivity index (χ4v) is 1.11. The molecule has 0 aliphatic heterocycles. The van der Waals surface area contributed by atoms with Crippen molar-refractivity contribution in [2.24, 2.45) is 0 Å². The summed E-state index contributed by atoms with van der Waals surface area (Å²) in [6.45, 7) is 1.87. The Bertz CT molecular complexity index is 406. The second-order valence-electron chi connectivity index (χ2n) is 2.65. The zero-order chi connectivity index (χ0) is 9.26. The van der Waals surface area contributed by atoms with E-state index in [4.69, 9.17) is 5.73 Å². The number of nitrogen functional groups attached to an aromatic ring is 1. The van der Waals surface area contributed by atoms with E-state index in [1.807, 2.05) is 19.2 Å². The van der Waals surface area contributed by atoms with Gasteiger partial charge >= 0.3 is 0 Å². The van der Waals surface area contributed by atoms with Gasteiger partial charge in [0.05, 0.1) is 11.9 Å². The van der Waals surface area contributed by atoms with Crippen molar-refractivity contribution < 1.29 is 0 Å². The van der Waals surface area contributed by atoms with E-state index >= 15 is 0 Å². The van der Waals surface area contributed by atoms with Crippen molar-refractivity contribution >= 4 is 5.95 Å². The number of anilines is 1. The topological polar surface area (TPSA) is 69.6 Å². The van der Waals surface area contributed by atoms with Crippen LogP contribution in [0, 0.1) is 6.92 Å². The molecule has 5 nitrogen and oxygen atoms in total. The molecule has 0 unspecified atom stereocenters. The Hall–Kier alpha value is -1.91.